The van der Waals surface area contributed by atoms with Crippen molar-refractivity contribution in [2.75, 3.05) is 6.54 Å². The van der Waals surface area contributed by atoms with Crippen LogP contribution in [0, 0.1) is 0 Å². The molecule has 1 aliphatic rings. The molecule has 1 fully saturated rings. The van der Waals surface area contributed by atoms with Gasteiger partial charge in [0.25, 0.3) is 0 Å². The third-order valence-corrected chi connectivity index (χ3v) is 6.95. The maximum Gasteiger partial charge on any atom is 0.224 e. The number of pyridine rings is 1. The summed E-state index contributed by atoms with van der Waals surface area (Å²) in [4.78, 5) is 20.0. The Morgan fingerprint density at radius 2 is 1.82 bits per heavy atom. The molecule has 6 heteroatoms. The summed E-state index contributed by atoms with van der Waals surface area (Å²) in [5.41, 5.74) is 3.06. The lowest BCUT2D eigenvalue weighted by molar-refractivity contribution is -0.121. The van der Waals surface area contributed by atoms with E-state index >= 15 is 0 Å². The van der Waals surface area contributed by atoms with Crippen LogP contribution in [0.15, 0.2) is 72.9 Å². The van der Waals surface area contributed by atoms with E-state index in [4.69, 9.17) is 23.2 Å². The number of rotatable bonds is 8. The highest BCUT2D eigenvalue weighted by molar-refractivity contribution is 6.42. The van der Waals surface area contributed by atoms with Gasteiger partial charge in [-0.3, -0.25) is 14.7 Å². The Labute approximate surface area is 205 Å². The van der Waals surface area contributed by atoms with Crippen molar-refractivity contribution in [3.05, 3.63) is 99.8 Å². The van der Waals surface area contributed by atoms with Crippen LogP contribution in [0.3, 0.4) is 0 Å². The van der Waals surface area contributed by atoms with Gasteiger partial charge in [-0.25, -0.2) is 0 Å². The molecule has 1 aliphatic heterocycles. The first-order valence-electron chi connectivity index (χ1n) is 11.5. The molecular weight excluding hydrogens is 453 g/mol. The van der Waals surface area contributed by atoms with E-state index in [9.17, 15) is 4.79 Å². The van der Waals surface area contributed by atoms with Gasteiger partial charge < -0.3 is 5.32 Å². The zero-order valence-corrected chi connectivity index (χ0v) is 20.1. The fraction of sp³-hybridized carbons (Fsp3) is 0.333. The van der Waals surface area contributed by atoms with Crippen LogP contribution < -0.4 is 5.32 Å². The van der Waals surface area contributed by atoms with Crippen molar-refractivity contribution in [3.8, 4) is 0 Å². The smallest absolute Gasteiger partial charge is 0.224 e. The van der Waals surface area contributed by atoms with Crippen LogP contribution in [0.4, 0.5) is 0 Å². The second kappa shape index (κ2) is 11.6. The van der Waals surface area contributed by atoms with Crippen molar-refractivity contribution < 1.29 is 4.79 Å². The number of aromatic nitrogens is 1. The van der Waals surface area contributed by atoms with Gasteiger partial charge in [0.1, 0.15) is 0 Å². The van der Waals surface area contributed by atoms with Gasteiger partial charge >= 0.3 is 0 Å². The molecule has 0 spiro atoms. The van der Waals surface area contributed by atoms with Gasteiger partial charge in [0.15, 0.2) is 0 Å². The van der Waals surface area contributed by atoms with Crippen molar-refractivity contribution in [3.63, 3.8) is 0 Å². The third kappa shape index (κ3) is 6.80. The zero-order chi connectivity index (χ0) is 23.0. The lowest BCUT2D eigenvalue weighted by Gasteiger charge is -2.38. The van der Waals surface area contributed by atoms with Crippen LogP contribution in [-0.2, 0) is 17.8 Å². The molecule has 4 rings (SSSR count). The summed E-state index contributed by atoms with van der Waals surface area (Å²) in [6.07, 6.45) is 6.43. The van der Waals surface area contributed by atoms with Crippen LogP contribution in [0.25, 0.3) is 0 Å². The maximum atomic E-state index is 12.9. The van der Waals surface area contributed by atoms with E-state index in [0.717, 1.165) is 42.8 Å². The van der Waals surface area contributed by atoms with Gasteiger partial charge in [0, 0.05) is 18.8 Å². The molecule has 1 amide bonds. The number of piperidine rings is 1. The minimum atomic E-state index is -0.137. The van der Waals surface area contributed by atoms with Crippen LogP contribution in [0.2, 0.25) is 10.0 Å². The summed E-state index contributed by atoms with van der Waals surface area (Å²) in [6, 6.07) is 21.8. The highest BCUT2D eigenvalue weighted by atomic mass is 35.5. The number of carbonyl (C=O) groups is 1. The molecule has 0 unspecified atom stereocenters. The number of carbonyl (C=O) groups excluding carboxylic acids is 1. The maximum absolute atomic E-state index is 12.9. The molecule has 3 aromatic rings. The summed E-state index contributed by atoms with van der Waals surface area (Å²) < 4.78 is 0. The average molecular weight is 482 g/mol. The minimum absolute atomic E-state index is 0.0173. The molecular formula is C27H29Cl2N3O. The fourth-order valence-corrected chi connectivity index (χ4v) is 4.86. The normalized spacial score (nSPS) is 17.5. The van der Waals surface area contributed by atoms with Crippen molar-refractivity contribution in [2.24, 2.45) is 0 Å². The lowest BCUT2D eigenvalue weighted by Crippen LogP contribution is -2.42. The molecule has 1 N–H and O–H groups in total. The van der Waals surface area contributed by atoms with Gasteiger partial charge in [0.2, 0.25) is 5.91 Å². The highest BCUT2D eigenvalue weighted by Gasteiger charge is 2.28. The van der Waals surface area contributed by atoms with E-state index in [-0.39, 0.29) is 11.9 Å². The van der Waals surface area contributed by atoms with Gasteiger partial charge in [-0.05, 0) is 61.2 Å². The molecule has 0 bridgehead atoms. The third-order valence-electron chi connectivity index (χ3n) is 6.21. The largest absolute Gasteiger partial charge is 0.347 e. The van der Waals surface area contributed by atoms with Gasteiger partial charge in [0.05, 0.1) is 28.2 Å². The number of hydrogen-bond acceptors (Lipinski definition) is 3. The fourth-order valence-electron chi connectivity index (χ4n) is 4.54. The summed E-state index contributed by atoms with van der Waals surface area (Å²) in [7, 11) is 0. The Morgan fingerprint density at radius 3 is 2.58 bits per heavy atom. The Kier molecular flexibility index (Phi) is 8.38. The molecule has 0 radical (unpaired) electrons. The number of benzene rings is 2. The Hall–Kier alpha value is -2.40. The zero-order valence-electron chi connectivity index (χ0n) is 18.6. The van der Waals surface area contributed by atoms with E-state index in [1.165, 1.54) is 12.8 Å². The predicted molar refractivity (Wildman–Crippen MR) is 134 cm³/mol. The number of amides is 1. The summed E-state index contributed by atoms with van der Waals surface area (Å²) in [5, 5.41) is 4.42. The molecule has 0 saturated carbocycles. The predicted octanol–water partition coefficient (Wildman–Crippen LogP) is 6.23. The monoisotopic (exact) mass is 481 g/mol. The van der Waals surface area contributed by atoms with Crippen molar-refractivity contribution >= 4 is 29.1 Å². The molecule has 172 valence electrons. The van der Waals surface area contributed by atoms with Gasteiger partial charge in [-0.15, -0.1) is 0 Å². The SMILES string of the molecule is O=C(Cc1ccccc1)N[C@H](C[C@H]1CCCCN1Cc1ccc(Cl)c(Cl)c1)c1ccccn1. The van der Waals surface area contributed by atoms with Crippen molar-refractivity contribution in [1.29, 1.82) is 0 Å². The van der Waals surface area contributed by atoms with Crippen LogP contribution in [0.5, 0.6) is 0 Å². The number of nitrogens with one attached hydrogen (secondary N) is 1. The van der Waals surface area contributed by atoms with Gasteiger partial charge in [-0.2, -0.15) is 0 Å². The van der Waals surface area contributed by atoms with Crippen LogP contribution >= 0.6 is 23.2 Å². The van der Waals surface area contributed by atoms with Crippen LogP contribution in [-0.4, -0.2) is 28.4 Å². The van der Waals surface area contributed by atoms with Crippen molar-refractivity contribution in [1.82, 2.24) is 15.2 Å². The minimum Gasteiger partial charge on any atom is -0.347 e. The average Bonchev–Trinajstić information content (AvgIpc) is 2.83. The van der Waals surface area contributed by atoms with E-state index in [2.05, 4.69) is 15.2 Å². The molecule has 0 aliphatic carbocycles. The Balaban J connectivity index is 1.48. The summed E-state index contributed by atoms with van der Waals surface area (Å²) >= 11 is 12.4. The topological polar surface area (TPSA) is 45.2 Å². The standard InChI is InChI=1S/C27H29Cl2N3O/c28-23-13-12-21(16-24(23)29)19-32-15-7-5-10-22(32)18-26(25-11-4-6-14-30-25)31-27(33)17-20-8-2-1-3-9-20/h1-4,6,8-9,11-14,16,22,26H,5,7,10,15,17-19H2,(H,31,33)/t22-,26-/m1/s1. The van der Waals surface area contributed by atoms with E-state index < -0.39 is 0 Å². The number of halogens is 2. The van der Waals surface area contributed by atoms with E-state index in [1.54, 1.807) is 6.20 Å². The Bertz CT molecular complexity index is 1050. The molecule has 2 atom stereocenters. The van der Waals surface area contributed by atoms with Gasteiger partial charge in [-0.1, -0.05) is 72.1 Å². The highest BCUT2D eigenvalue weighted by Crippen LogP contribution is 2.29. The molecule has 1 saturated heterocycles. The lowest BCUT2D eigenvalue weighted by atomic mass is 9.93. The quantitative estimate of drug-likeness (QED) is 0.414. The molecule has 2 heterocycles. The first kappa shape index (κ1) is 23.7. The second-order valence-corrected chi connectivity index (χ2v) is 9.46. The summed E-state index contributed by atoms with van der Waals surface area (Å²) in [5.74, 6) is 0.0173. The number of hydrogen-bond donors (Lipinski definition) is 1. The molecule has 33 heavy (non-hydrogen) atoms. The Morgan fingerprint density at radius 1 is 1.00 bits per heavy atom. The molecule has 4 nitrogen and oxygen atoms in total. The van der Waals surface area contributed by atoms with Crippen LogP contribution in [0.1, 0.15) is 48.5 Å². The second-order valence-electron chi connectivity index (χ2n) is 8.64. The summed E-state index contributed by atoms with van der Waals surface area (Å²) in [6.45, 7) is 1.84. The van der Waals surface area contributed by atoms with E-state index in [1.807, 2.05) is 66.7 Å². The van der Waals surface area contributed by atoms with E-state index in [0.29, 0.717) is 22.5 Å². The first-order chi connectivity index (χ1) is 16.1. The number of nitrogens with zero attached hydrogens (tertiary/aromatic N) is 2. The first-order valence-corrected chi connectivity index (χ1v) is 12.3. The molecule has 2 aromatic carbocycles. The van der Waals surface area contributed by atoms with Crippen molar-refractivity contribution in [2.45, 2.75) is 50.7 Å². The number of likely N-dealkylation sites (tertiary alicyclic amines) is 1. The molecule has 1 aromatic heterocycles.